The van der Waals surface area contributed by atoms with E-state index in [0.717, 1.165) is 17.5 Å². The Hall–Kier alpha value is -1.63. The molecule has 2 heterocycles. The van der Waals surface area contributed by atoms with Crippen LogP contribution in [-0.2, 0) is 16.1 Å². The van der Waals surface area contributed by atoms with Gasteiger partial charge in [-0.2, -0.15) is 0 Å². The van der Waals surface area contributed by atoms with Gasteiger partial charge in [0.2, 0.25) is 0 Å². The van der Waals surface area contributed by atoms with Crippen molar-refractivity contribution in [3.63, 3.8) is 0 Å². The summed E-state index contributed by atoms with van der Waals surface area (Å²) in [7, 11) is 1.62. The molecular formula is C19H22N2O2S2. The van der Waals surface area contributed by atoms with Crippen molar-refractivity contribution in [1.29, 1.82) is 0 Å². The van der Waals surface area contributed by atoms with Gasteiger partial charge >= 0.3 is 0 Å². The molecule has 0 unspecified atom stereocenters. The molecule has 0 aliphatic carbocycles. The van der Waals surface area contributed by atoms with Crippen molar-refractivity contribution in [2.45, 2.75) is 20.4 Å². The first-order valence-electron chi connectivity index (χ1n) is 8.33. The zero-order valence-electron chi connectivity index (χ0n) is 14.7. The number of thiocarbonyl (C=S) groups is 1. The monoisotopic (exact) mass is 374 g/mol. The Balaban J connectivity index is 1.96. The molecule has 4 nitrogen and oxygen atoms in total. The Kier molecular flexibility index (Phi) is 5.61. The van der Waals surface area contributed by atoms with Gasteiger partial charge in [-0.25, -0.2) is 0 Å². The molecule has 3 rings (SSSR count). The summed E-state index contributed by atoms with van der Waals surface area (Å²) in [5.41, 5.74) is 2.25. The predicted molar refractivity (Wildman–Crippen MR) is 109 cm³/mol. The van der Waals surface area contributed by atoms with Crippen LogP contribution in [0.5, 0.6) is 0 Å². The molecule has 1 aromatic carbocycles. The number of carbonyl (C=O) groups excluding carboxylic acids is 1. The molecule has 0 saturated carbocycles. The maximum absolute atomic E-state index is 12.6. The van der Waals surface area contributed by atoms with Gasteiger partial charge in [0, 0.05) is 36.3 Å². The van der Waals surface area contributed by atoms with E-state index < -0.39 is 0 Å². The number of nitrogens with zero attached hydrogens (tertiary/aromatic N) is 2. The van der Waals surface area contributed by atoms with E-state index in [4.69, 9.17) is 17.0 Å². The van der Waals surface area contributed by atoms with Crippen molar-refractivity contribution in [2.24, 2.45) is 5.92 Å². The van der Waals surface area contributed by atoms with Crippen LogP contribution in [0.15, 0.2) is 35.4 Å². The van der Waals surface area contributed by atoms with Crippen LogP contribution in [0.3, 0.4) is 0 Å². The summed E-state index contributed by atoms with van der Waals surface area (Å²) >= 11 is 6.71. The average molecular weight is 375 g/mol. The molecule has 1 fully saturated rings. The lowest BCUT2D eigenvalue weighted by molar-refractivity contribution is -0.122. The van der Waals surface area contributed by atoms with Crippen LogP contribution in [0.2, 0.25) is 0 Å². The molecule has 0 atom stereocenters. The fourth-order valence-electron chi connectivity index (χ4n) is 2.95. The second kappa shape index (κ2) is 7.72. The van der Waals surface area contributed by atoms with Crippen LogP contribution in [0.1, 0.15) is 19.4 Å². The Labute approximate surface area is 157 Å². The third-order valence-electron chi connectivity index (χ3n) is 4.06. The highest BCUT2D eigenvalue weighted by Crippen LogP contribution is 2.34. The van der Waals surface area contributed by atoms with Gasteiger partial charge in [0.25, 0.3) is 5.91 Å². The third kappa shape index (κ3) is 3.81. The highest BCUT2D eigenvalue weighted by atomic mass is 32.2. The number of para-hydroxylation sites is 1. The molecule has 0 N–H and O–H groups in total. The molecule has 0 spiro atoms. The van der Waals surface area contributed by atoms with Gasteiger partial charge in [-0.05, 0) is 18.1 Å². The molecule has 1 aliphatic rings. The van der Waals surface area contributed by atoms with Crippen LogP contribution in [0.25, 0.3) is 17.0 Å². The van der Waals surface area contributed by atoms with Crippen molar-refractivity contribution in [2.75, 3.05) is 20.3 Å². The van der Waals surface area contributed by atoms with Crippen molar-refractivity contribution in [3.05, 3.63) is 40.9 Å². The fourth-order valence-corrected chi connectivity index (χ4v) is 4.25. The van der Waals surface area contributed by atoms with Crippen molar-refractivity contribution < 1.29 is 9.53 Å². The zero-order chi connectivity index (χ0) is 18.0. The van der Waals surface area contributed by atoms with Gasteiger partial charge in [0.05, 0.1) is 18.1 Å². The minimum Gasteiger partial charge on any atom is -0.383 e. The maximum atomic E-state index is 12.6. The van der Waals surface area contributed by atoms with Crippen LogP contribution in [0.4, 0.5) is 0 Å². The molecule has 2 aromatic rings. The molecule has 1 aromatic heterocycles. The number of benzene rings is 1. The van der Waals surface area contributed by atoms with Gasteiger partial charge in [-0.3, -0.25) is 9.69 Å². The van der Waals surface area contributed by atoms with Crippen LogP contribution in [-0.4, -0.2) is 40.0 Å². The lowest BCUT2D eigenvalue weighted by Crippen LogP contribution is -2.31. The largest absolute Gasteiger partial charge is 0.383 e. The number of ether oxygens (including phenoxy) is 1. The predicted octanol–water partition coefficient (Wildman–Crippen LogP) is 4.14. The van der Waals surface area contributed by atoms with Gasteiger partial charge in [0.15, 0.2) is 0 Å². The summed E-state index contributed by atoms with van der Waals surface area (Å²) in [6, 6.07) is 8.30. The Morgan fingerprint density at radius 2 is 2.08 bits per heavy atom. The minimum absolute atomic E-state index is 0.0345. The first-order chi connectivity index (χ1) is 12.0. The molecule has 1 saturated heterocycles. The number of amides is 1. The minimum atomic E-state index is -0.0345. The standard InChI is InChI=1S/C19H22N2O2S2/c1-13(2)11-20-12-14(15-6-4-5-7-16(15)20)10-17-18(22)21(8-9-23-3)19(24)25-17/h4-7,10,12-13H,8-9,11H2,1-3H3/b17-10-. The van der Waals surface area contributed by atoms with Crippen molar-refractivity contribution in [1.82, 2.24) is 9.47 Å². The first kappa shape index (κ1) is 18.2. The van der Waals surface area contributed by atoms with E-state index in [1.807, 2.05) is 18.2 Å². The highest BCUT2D eigenvalue weighted by molar-refractivity contribution is 8.26. The summed E-state index contributed by atoms with van der Waals surface area (Å²) in [6.45, 7) is 6.33. The molecular weight excluding hydrogens is 352 g/mol. The van der Waals surface area contributed by atoms with E-state index in [9.17, 15) is 4.79 Å². The number of fused-ring (bicyclic) bond motifs is 1. The number of methoxy groups -OCH3 is 1. The molecule has 132 valence electrons. The lowest BCUT2D eigenvalue weighted by Gasteiger charge is -2.12. The Morgan fingerprint density at radius 1 is 1.32 bits per heavy atom. The number of hydrogen-bond acceptors (Lipinski definition) is 4. The summed E-state index contributed by atoms with van der Waals surface area (Å²) in [6.07, 6.45) is 4.09. The van der Waals surface area contributed by atoms with Crippen molar-refractivity contribution >= 4 is 51.2 Å². The fraction of sp³-hybridized carbons (Fsp3) is 0.368. The smallest absolute Gasteiger partial charge is 0.266 e. The van der Waals surface area contributed by atoms with E-state index in [1.54, 1.807) is 12.0 Å². The van der Waals surface area contributed by atoms with E-state index in [-0.39, 0.29) is 5.91 Å². The number of rotatable bonds is 6. The number of thioether (sulfide) groups is 1. The van der Waals surface area contributed by atoms with E-state index >= 15 is 0 Å². The van der Waals surface area contributed by atoms with E-state index in [2.05, 4.69) is 36.7 Å². The van der Waals surface area contributed by atoms with Gasteiger partial charge < -0.3 is 9.30 Å². The lowest BCUT2D eigenvalue weighted by atomic mass is 10.1. The van der Waals surface area contributed by atoms with Crippen LogP contribution in [0, 0.1) is 5.92 Å². The Bertz CT molecular complexity index is 839. The van der Waals surface area contributed by atoms with Crippen LogP contribution < -0.4 is 0 Å². The van der Waals surface area contributed by atoms with Crippen molar-refractivity contribution in [3.8, 4) is 0 Å². The zero-order valence-corrected chi connectivity index (χ0v) is 16.3. The quantitative estimate of drug-likeness (QED) is 0.562. The van der Waals surface area contributed by atoms with Crippen LogP contribution >= 0.6 is 24.0 Å². The summed E-state index contributed by atoms with van der Waals surface area (Å²) in [5, 5.41) is 1.16. The highest BCUT2D eigenvalue weighted by Gasteiger charge is 2.31. The number of hydrogen-bond donors (Lipinski definition) is 0. The number of carbonyl (C=O) groups is 1. The molecule has 1 aliphatic heterocycles. The molecule has 25 heavy (non-hydrogen) atoms. The average Bonchev–Trinajstić information content (AvgIpc) is 3.04. The summed E-state index contributed by atoms with van der Waals surface area (Å²) in [5.74, 6) is 0.517. The normalized spacial score (nSPS) is 16.8. The topological polar surface area (TPSA) is 34.5 Å². The van der Waals surface area contributed by atoms with E-state index in [0.29, 0.717) is 28.3 Å². The summed E-state index contributed by atoms with van der Waals surface area (Å²) in [4.78, 5) is 14.9. The first-order valence-corrected chi connectivity index (χ1v) is 9.56. The molecule has 0 radical (unpaired) electrons. The Morgan fingerprint density at radius 3 is 2.80 bits per heavy atom. The second-order valence-corrected chi connectivity index (χ2v) is 8.15. The van der Waals surface area contributed by atoms with Gasteiger partial charge in [0.1, 0.15) is 4.32 Å². The summed E-state index contributed by atoms with van der Waals surface area (Å²) < 4.78 is 7.92. The molecule has 0 bridgehead atoms. The third-order valence-corrected chi connectivity index (χ3v) is 5.44. The SMILES string of the molecule is COCCN1C(=O)/C(=C/c2cn(CC(C)C)c3ccccc23)SC1=S. The molecule has 6 heteroatoms. The molecule has 1 amide bonds. The number of aromatic nitrogens is 1. The van der Waals surface area contributed by atoms with Gasteiger partial charge in [-0.1, -0.05) is 56.0 Å². The second-order valence-electron chi connectivity index (χ2n) is 6.47. The van der Waals surface area contributed by atoms with E-state index in [1.165, 1.54) is 17.3 Å². The van der Waals surface area contributed by atoms with Gasteiger partial charge in [-0.15, -0.1) is 0 Å². The maximum Gasteiger partial charge on any atom is 0.266 e.